The number of hydrogen-bond acceptors (Lipinski definition) is 2. The van der Waals surface area contributed by atoms with Crippen molar-refractivity contribution >= 4 is 16.6 Å². The third-order valence-electron chi connectivity index (χ3n) is 4.59. The van der Waals surface area contributed by atoms with Crippen LogP contribution in [0.2, 0.25) is 0 Å². The molecule has 4 heteroatoms. The van der Waals surface area contributed by atoms with Crippen molar-refractivity contribution in [1.82, 2.24) is 4.98 Å². The van der Waals surface area contributed by atoms with Crippen LogP contribution in [0.4, 0.5) is 14.5 Å². The largest absolute Gasteiger partial charge is 0.371 e. The minimum absolute atomic E-state index is 0.253. The molecule has 122 valence electrons. The van der Waals surface area contributed by atoms with Gasteiger partial charge in [0.25, 0.3) is 0 Å². The minimum atomic E-state index is -0.266. The molecule has 0 spiro atoms. The van der Waals surface area contributed by atoms with E-state index in [0.29, 0.717) is 0 Å². The van der Waals surface area contributed by atoms with Crippen LogP contribution in [-0.4, -0.2) is 18.1 Å². The van der Waals surface area contributed by atoms with Crippen LogP contribution in [0, 0.1) is 11.6 Å². The molecule has 1 aromatic heterocycles. The second-order valence-electron chi connectivity index (χ2n) is 6.24. The summed E-state index contributed by atoms with van der Waals surface area (Å²) < 4.78 is 27.0. The van der Waals surface area contributed by atoms with E-state index in [1.165, 1.54) is 24.6 Å². The summed E-state index contributed by atoms with van der Waals surface area (Å²) in [4.78, 5) is 6.96. The molecular weight excluding hydrogens is 306 g/mol. The summed E-state index contributed by atoms with van der Waals surface area (Å²) in [6.07, 6.45) is 3.52. The van der Waals surface area contributed by atoms with Crippen molar-refractivity contribution in [3.8, 4) is 11.3 Å². The average Bonchev–Trinajstić information content (AvgIpc) is 2.62. The molecule has 0 N–H and O–H groups in total. The van der Waals surface area contributed by atoms with E-state index in [1.807, 2.05) is 6.07 Å². The molecule has 1 aliphatic rings. The first-order valence-electron chi connectivity index (χ1n) is 8.32. The first-order valence-corrected chi connectivity index (χ1v) is 8.32. The number of benzene rings is 2. The highest BCUT2D eigenvalue weighted by atomic mass is 19.1. The fourth-order valence-electron chi connectivity index (χ4n) is 3.35. The molecule has 3 aromatic rings. The van der Waals surface area contributed by atoms with E-state index in [2.05, 4.69) is 9.88 Å². The number of anilines is 1. The van der Waals surface area contributed by atoms with Crippen LogP contribution in [0.5, 0.6) is 0 Å². The van der Waals surface area contributed by atoms with Crippen molar-refractivity contribution in [3.05, 3.63) is 60.2 Å². The Hall–Kier alpha value is -2.49. The van der Waals surface area contributed by atoms with Gasteiger partial charge in [0, 0.05) is 29.7 Å². The van der Waals surface area contributed by atoms with Gasteiger partial charge in [-0.05, 0) is 67.8 Å². The lowest BCUT2D eigenvalue weighted by molar-refractivity contribution is 0.578. The van der Waals surface area contributed by atoms with Gasteiger partial charge in [0.1, 0.15) is 11.6 Å². The van der Waals surface area contributed by atoms with Gasteiger partial charge in [-0.3, -0.25) is 0 Å². The van der Waals surface area contributed by atoms with Gasteiger partial charge in [-0.25, -0.2) is 13.8 Å². The predicted molar refractivity (Wildman–Crippen MR) is 93.2 cm³/mol. The maximum absolute atomic E-state index is 13.8. The zero-order chi connectivity index (χ0) is 16.5. The number of hydrogen-bond donors (Lipinski definition) is 0. The molecule has 0 aliphatic carbocycles. The molecule has 2 heterocycles. The standard InChI is InChI=1S/C20H18F2N2/c21-15-6-4-14(5-7-15)19-13-20(24-10-2-1-3-11-24)17-12-16(22)8-9-18(17)23-19/h4-9,12-13H,1-3,10-11H2. The van der Waals surface area contributed by atoms with Crippen molar-refractivity contribution in [3.63, 3.8) is 0 Å². The number of fused-ring (bicyclic) bond motifs is 1. The van der Waals surface area contributed by atoms with Crippen molar-refractivity contribution < 1.29 is 8.78 Å². The van der Waals surface area contributed by atoms with Crippen molar-refractivity contribution in [2.24, 2.45) is 0 Å². The second kappa shape index (κ2) is 6.19. The van der Waals surface area contributed by atoms with E-state index in [4.69, 9.17) is 0 Å². The van der Waals surface area contributed by atoms with E-state index in [9.17, 15) is 8.78 Å². The van der Waals surface area contributed by atoms with Crippen LogP contribution in [0.25, 0.3) is 22.2 Å². The van der Waals surface area contributed by atoms with Crippen LogP contribution < -0.4 is 4.90 Å². The Morgan fingerprint density at radius 2 is 1.50 bits per heavy atom. The molecule has 1 saturated heterocycles. The Morgan fingerprint density at radius 3 is 2.25 bits per heavy atom. The van der Waals surface area contributed by atoms with E-state index in [-0.39, 0.29) is 11.6 Å². The SMILES string of the molecule is Fc1ccc(-c2cc(N3CCCCC3)c3cc(F)ccc3n2)cc1. The van der Waals surface area contributed by atoms with Crippen molar-refractivity contribution in [2.45, 2.75) is 19.3 Å². The molecule has 1 aliphatic heterocycles. The van der Waals surface area contributed by atoms with E-state index in [0.717, 1.165) is 53.8 Å². The molecule has 24 heavy (non-hydrogen) atoms. The molecule has 2 aromatic carbocycles. The predicted octanol–water partition coefficient (Wildman–Crippen LogP) is 5.17. The first kappa shape index (κ1) is 15.1. The normalized spacial score (nSPS) is 15.0. The fraction of sp³-hybridized carbons (Fsp3) is 0.250. The Bertz CT molecular complexity index is 869. The highest BCUT2D eigenvalue weighted by molar-refractivity contribution is 5.94. The van der Waals surface area contributed by atoms with Gasteiger partial charge in [0.05, 0.1) is 11.2 Å². The number of rotatable bonds is 2. The zero-order valence-corrected chi connectivity index (χ0v) is 13.3. The summed E-state index contributed by atoms with van der Waals surface area (Å²) in [6, 6.07) is 13.0. The van der Waals surface area contributed by atoms with Gasteiger partial charge < -0.3 is 4.90 Å². The summed E-state index contributed by atoms with van der Waals surface area (Å²) in [5, 5.41) is 0.836. The van der Waals surface area contributed by atoms with Gasteiger partial charge in [-0.2, -0.15) is 0 Å². The Morgan fingerprint density at radius 1 is 0.792 bits per heavy atom. The summed E-state index contributed by atoms with van der Waals surface area (Å²) in [6.45, 7) is 1.94. The Kier molecular flexibility index (Phi) is 3.89. The highest BCUT2D eigenvalue weighted by Crippen LogP contribution is 2.33. The second-order valence-corrected chi connectivity index (χ2v) is 6.24. The highest BCUT2D eigenvalue weighted by Gasteiger charge is 2.16. The van der Waals surface area contributed by atoms with E-state index >= 15 is 0 Å². The molecule has 0 atom stereocenters. The summed E-state index contributed by atoms with van der Waals surface area (Å²) >= 11 is 0. The molecule has 4 rings (SSSR count). The average molecular weight is 324 g/mol. The Balaban J connectivity index is 1.89. The number of aromatic nitrogens is 1. The Labute approximate surface area is 139 Å². The van der Waals surface area contributed by atoms with Crippen LogP contribution >= 0.6 is 0 Å². The number of halogens is 2. The monoisotopic (exact) mass is 324 g/mol. The van der Waals surface area contributed by atoms with E-state index < -0.39 is 0 Å². The van der Waals surface area contributed by atoms with E-state index in [1.54, 1.807) is 24.3 Å². The minimum Gasteiger partial charge on any atom is -0.371 e. The number of pyridine rings is 1. The molecular formula is C20H18F2N2. The molecule has 0 saturated carbocycles. The maximum Gasteiger partial charge on any atom is 0.124 e. The van der Waals surface area contributed by atoms with Crippen molar-refractivity contribution in [2.75, 3.05) is 18.0 Å². The first-order chi connectivity index (χ1) is 11.7. The summed E-state index contributed by atoms with van der Waals surface area (Å²) in [7, 11) is 0. The molecule has 0 bridgehead atoms. The van der Waals surface area contributed by atoms with Gasteiger partial charge in [0.15, 0.2) is 0 Å². The van der Waals surface area contributed by atoms with Crippen molar-refractivity contribution in [1.29, 1.82) is 0 Å². The number of nitrogens with zero attached hydrogens (tertiary/aromatic N) is 2. The fourth-order valence-corrected chi connectivity index (χ4v) is 3.35. The summed E-state index contributed by atoms with van der Waals surface area (Å²) in [5.41, 5.74) is 3.42. The van der Waals surface area contributed by atoms with Crippen LogP contribution in [-0.2, 0) is 0 Å². The lowest BCUT2D eigenvalue weighted by Crippen LogP contribution is -2.29. The third kappa shape index (κ3) is 2.84. The van der Waals surface area contributed by atoms with Gasteiger partial charge in [-0.1, -0.05) is 0 Å². The lowest BCUT2D eigenvalue weighted by Gasteiger charge is -2.30. The van der Waals surface area contributed by atoms with Gasteiger partial charge >= 0.3 is 0 Å². The maximum atomic E-state index is 13.8. The summed E-state index contributed by atoms with van der Waals surface area (Å²) in [5.74, 6) is -0.519. The molecule has 0 radical (unpaired) electrons. The lowest BCUT2D eigenvalue weighted by atomic mass is 10.0. The van der Waals surface area contributed by atoms with Gasteiger partial charge in [-0.15, -0.1) is 0 Å². The smallest absolute Gasteiger partial charge is 0.124 e. The molecule has 0 amide bonds. The third-order valence-corrected chi connectivity index (χ3v) is 4.59. The molecule has 1 fully saturated rings. The molecule has 0 unspecified atom stereocenters. The number of piperidine rings is 1. The quantitative estimate of drug-likeness (QED) is 0.646. The zero-order valence-electron chi connectivity index (χ0n) is 13.3. The topological polar surface area (TPSA) is 16.1 Å². The van der Waals surface area contributed by atoms with Crippen LogP contribution in [0.3, 0.4) is 0 Å². The molecule has 2 nitrogen and oxygen atoms in total. The van der Waals surface area contributed by atoms with Gasteiger partial charge in [0.2, 0.25) is 0 Å². The van der Waals surface area contributed by atoms with Crippen LogP contribution in [0.15, 0.2) is 48.5 Å². The van der Waals surface area contributed by atoms with Crippen LogP contribution in [0.1, 0.15) is 19.3 Å².